The van der Waals surface area contributed by atoms with Gasteiger partial charge in [0.2, 0.25) is 0 Å². The van der Waals surface area contributed by atoms with Gasteiger partial charge in [0, 0.05) is 6.20 Å². The molecule has 0 saturated carbocycles. The largest absolute Gasteiger partial charge is 0.308 e. The van der Waals surface area contributed by atoms with E-state index in [1.807, 2.05) is 18.3 Å². The minimum absolute atomic E-state index is 0.0441. The molecule has 0 bridgehead atoms. The summed E-state index contributed by atoms with van der Waals surface area (Å²) >= 11 is 0. The highest BCUT2D eigenvalue weighted by Crippen LogP contribution is 2.22. The Morgan fingerprint density at radius 1 is 1.45 bits per heavy atom. The van der Waals surface area contributed by atoms with Crippen LogP contribution in [-0.2, 0) is 0 Å². The van der Waals surface area contributed by atoms with Crippen molar-refractivity contribution in [2.24, 2.45) is 5.84 Å². The van der Waals surface area contributed by atoms with E-state index in [0.717, 1.165) is 0 Å². The van der Waals surface area contributed by atoms with Crippen molar-refractivity contribution in [2.75, 3.05) is 18.8 Å². The Morgan fingerprint density at radius 3 is 2.55 bits per heavy atom. The molecule has 0 aromatic carbocycles. The lowest BCUT2D eigenvalue weighted by Crippen LogP contribution is -2.10. The smallest absolute Gasteiger partial charge is 0.139 e. The van der Waals surface area contributed by atoms with Crippen molar-refractivity contribution in [3.63, 3.8) is 0 Å². The fourth-order valence-electron chi connectivity index (χ4n) is 0.736. The molecule has 0 spiro atoms. The Kier molecular flexibility index (Phi) is 2.80. The minimum atomic E-state index is -0.0441. The maximum atomic E-state index is 5.17. The van der Waals surface area contributed by atoms with Crippen LogP contribution >= 0.6 is 7.92 Å². The summed E-state index contributed by atoms with van der Waals surface area (Å²) in [7, 11) is -0.0441. The van der Waals surface area contributed by atoms with E-state index in [-0.39, 0.29) is 7.92 Å². The van der Waals surface area contributed by atoms with Crippen molar-refractivity contribution in [2.45, 2.75) is 0 Å². The van der Waals surface area contributed by atoms with Crippen molar-refractivity contribution < 1.29 is 0 Å². The molecule has 0 amide bonds. The molecule has 0 unspecified atom stereocenters. The highest BCUT2D eigenvalue weighted by molar-refractivity contribution is 7.64. The zero-order valence-electron chi connectivity index (χ0n) is 6.70. The SMILES string of the molecule is CP(C)c1ccc(NN)nc1. The zero-order valence-corrected chi connectivity index (χ0v) is 7.60. The molecule has 0 aliphatic heterocycles. The fourth-order valence-corrected chi connectivity index (χ4v) is 1.40. The first-order valence-electron chi connectivity index (χ1n) is 3.34. The summed E-state index contributed by atoms with van der Waals surface area (Å²) in [5.74, 6) is 5.88. The normalized spacial score (nSPS) is 10.2. The number of nitrogens with two attached hydrogens (primary N) is 1. The maximum Gasteiger partial charge on any atom is 0.139 e. The standard InChI is InChI=1S/C7H12N3P/c1-11(2)6-3-4-7(10-8)9-5-6/h3-5H,8H2,1-2H3,(H,9,10). The van der Waals surface area contributed by atoms with Gasteiger partial charge in [-0.3, -0.25) is 0 Å². The molecule has 0 saturated heterocycles. The highest BCUT2D eigenvalue weighted by Gasteiger charge is 1.97. The number of aromatic nitrogens is 1. The number of hydrogen-bond acceptors (Lipinski definition) is 3. The van der Waals surface area contributed by atoms with E-state index in [1.54, 1.807) is 0 Å². The van der Waals surface area contributed by atoms with E-state index in [4.69, 9.17) is 5.84 Å². The van der Waals surface area contributed by atoms with Crippen molar-refractivity contribution in [3.8, 4) is 0 Å². The fraction of sp³-hybridized carbons (Fsp3) is 0.286. The predicted octanol–water partition coefficient (Wildman–Crippen LogP) is 0.734. The first-order chi connectivity index (χ1) is 5.24. The summed E-state index contributed by atoms with van der Waals surface area (Å²) in [5.41, 5.74) is 2.49. The van der Waals surface area contributed by atoms with Gasteiger partial charge in [0.05, 0.1) is 0 Å². The van der Waals surface area contributed by atoms with Gasteiger partial charge >= 0.3 is 0 Å². The molecule has 3 N–H and O–H groups in total. The molecule has 11 heavy (non-hydrogen) atoms. The van der Waals surface area contributed by atoms with Crippen molar-refractivity contribution in [1.29, 1.82) is 0 Å². The van der Waals surface area contributed by atoms with E-state index in [0.29, 0.717) is 5.82 Å². The average molecular weight is 169 g/mol. The van der Waals surface area contributed by atoms with Gasteiger partial charge in [-0.15, -0.1) is 0 Å². The second kappa shape index (κ2) is 3.65. The van der Waals surface area contributed by atoms with Crippen LogP contribution in [0.5, 0.6) is 0 Å². The molecule has 0 aliphatic rings. The average Bonchev–Trinajstić information content (AvgIpc) is 2.05. The maximum absolute atomic E-state index is 5.17. The molecule has 1 aromatic heterocycles. The Balaban J connectivity index is 2.83. The molecule has 1 rings (SSSR count). The van der Waals surface area contributed by atoms with Crippen LogP contribution in [-0.4, -0.2) is 18.3 Å². The third-order valence-corrected chi connectivity index (χ3v) is 2.71. The van der Waals surface area contributed by atoms with Crippen molar-refractivity contribution >= 4 is 19.0 Å². The first kappa shape index (κ1) is 8.44. The molecule has 0 fully saturated rings. The summed E-state index contributed by atoms with van der Waals surface area (Å²) in [4.78, 5) is 4.10. The molecule has 1 heterocycles. The topological polar surface area (TPSA) is 50.9 Å². The number of pyridine rings is 1. The van der Waals surface area contributed by atoms with E-state index in [9.17, 15) is 0 Å². The van der Waals surface area contributed by atoms with Crippen LogP contribution < -0.4 is 16.6 Å². The molecule has 60 valence electrons. The molecule has 1 aromatic rings. The van der Waals surface area contributed by atoms with Crippen LogP contribution in [0, 0.1) is 0 Å². The lowest BCUT2D eigenvalue weighted by atomic mass is 10.5. The number of hydrazine groups is 1. The summed E-state index contributed by atoms with van der Waals surface area (Å²) < 4.78 is 0. The molecule has 3 nitrogen and oxygen atoms in total. The second-order valence-electron chi connectivity index (χ2n) is 2.44. The van der Waals surface area contributed by atoms with Crippen LogP contribution in [0.15, 0.2) is 18.3 Å². The van der Waals surface area contributed by atoms with Crippen LogP contribution in [0.1, 0.15) is 0 Å². The van der Waals surface area contributed by atoms with Crippen LogP contribution in [0.25, 0.3) is 0 Å². The third-order valence-electron chi connectivity index (χ3n) is 1.41. The van der Waals surface area contributed by atoms with E-state index in [2.05, 4.69) is 23.7 Å². The summed E-state index contributed by atoms with van der Waals surface area (Å²) in [5, 5.41) is 1.29. The Morgan fingerprint density at radius 2 is 2.18 bits per heavy atom. The number of anilines is 1. The van der Waals surface area contributed by atoms with Crippen LogP contribution in [0.4, 0.5) is 5.82 Å². The summed E-state index contributed by atoms with van der Waals surface area (Å²) in [6.45, 7) is 4.39. The zero-order chi connectivity index (χ0) is 8.27. The number of nitrogen functional groups attached to an aromatic ring is 1. The first-order valence-corrected chi connectivity index (χ1v) is 5.57. The van der Waals surface area contributed by atoms with Gasteiger partial charge in [0.15, 0.2) is 0 Å². The van der Waals surface area contributed by atoms with Gasteiger partial charge in [0.25, 0.3) is 0 Å². The van der Waals surface area contributed by atoms with Crippen LogP contribution in [0.3, 0.4) is 0 Å². The molecule has 4 heteroatoms. The second-order valence-corrected chi connectivity index (χ2v) is 4.75. The molecule has 0 aliphatic carbocycles. The summed E-state index contributed by atoms with van der Waals surface area (Å²) in [6, 6.07) is 3.94. The molecule has 0 atom stereocenters. The van der Waals surface area contributed by atoms with Crippen LogP contribution in [0.2, 0.25) is 0 Å². The lowest BCUT2D eigenvalue weighted by Gasteiger charge is -2.05. The van der Waals surface area contributed by atoms with Gasteiger partial charge in [-0.25, -0.2) is 10.8 Å². The molecular formula is C7H12N3P. The van der Waals surface area contributed by atoms with Gasteiger partial charge in [0.1, 0.15) is 5.82 Å². The Hall–Kier alpha value is -0.660. The van der Waals surface area contributed by atoms with Crippen molar-refractivity contribution in [3.05, 3.63) is 18.3 Å². The molecular weight excluding hydrogens is 157 g/mol. The van der Waals surface area contributed by atoms with Gasteiger partial charge < -0.3 is 5.43 Å². The Labute approximate surface area is 67.7 Å². The Bertz CT molecular complexity index is 220. The van der Waals surface area contributed by atoms with Gasteiger partial charge in [-0.05, 0) is 30.8 Å². The van der Waals surface area contributed by atoms with E-state index < -0.39 is 0 Å². The predicted molar refractivity (Wildman–Crippen MR) is 50.4 cm³/mol. The number of nitrogens with one attached hydrogen (secondary N) is 1. The lowest BCUT2D eigenvalue weighted by molar-refractivity contribution is 1.24. The summed E-state index contributed by atoms with van der Waals surface area (Å²) in [6.07, 6.45) is 1.86. The van der Waals surface area contributed by atoms with Gasteiger partial charge in [-0.2, -0.15) is 0 Å². The van der Waals surface area contributed by atoms with E-state index >= 15 is 0 Å². The number of rotatable bonds is 2. The van der Waals surface area contributed by atoms with E-state index in [1.165, 1.54) is 5.30 Å². The quantitative estimate of drug-likeness (QED) is 0.390. The minimum Gasteiger partial charge on any atom is -0.308 e. The highest BCUT2D eigenvalue weighted by atomic mass is 31.1. The monoisotopic (exact) mass is 169 g/mol. The third kappa shape index (κ3) is 2.14. The molecule has 0 radical (unpaired) electrons. The van der Waals surface area contributed by atoms with Gasteiger partial charge in [-0.1, -0.05) is 7.92 Å². The van der Waals surface area contributed by atoms with Crippen molar-refractivity contribution in [1.82, 2.24) is 4.98 Å². The number of nitrogens with zero attached hydrogens (tertiary/aromatic N) is 1. The number of hydrogen-bond donors (Lipinski definition) is 2.